The predicted molar refractivity (Wildman–Crippen MR) is 68.6 cm³/mol. The largest absolute Gasteiger partial charge is 0.469 e. The number of aromatic amines is 1. The van der Waals surface area contributed by atoms with E-state index >= 15 is 0 Å². The van der Waals surface area contributed by atoms with Gasteiger partial charge in [-0.1, -0.05) is 0 Å². The second-order valence-electron chi connectivity index (χ2n) is 4.86. The topological polar surface area (TPSA) is 75.3 Å². The van der Waals surface area contributed by atoms with Crippen molar-refractivity contribution in [2.24, 2.45) is 0 Å². The van der Waals surface area contributed by atoms with Crippen molar-refractivity contribution >= 4 is 11.9 Å². The molecule has 1 unspecified atom stereocenters. The van der Waals surface area contributed by atoms with E-state index in [2.05, 4.69) is 10.2 Å². The standard InChI is InChI=1S/C13H19N3O3/c1-9-7-11(15-14-9)13(18)16-6-4-3-5-10(16)8-12(17)19-2/h7,10H,3-6,8H2,1-2H3,(H,14,15). The van der Waals surface area contributed by atoms with E-state index in [1.807, 2.05) is 6.92 Å². The van der Waals surface area contributed by atoms with Crippen molar-refractivity contribution in [3.05, 3.63) is 17.5 Å². The third-order valence-electron chi connectivity index (χ3n) is 3.44. The molecule has 6 heteroatoms. The predicted octanol–water partition coefficient (Wildman–Crippen LogP) is 1.28. The number of aromatic nitrogens is 2. The first-order valence-corrected chi connectivity index (χ1v) is 6.51. The van der Waals surface area contributed by atoms with Gasteiger partial charge >= 0.3 is 5.97 Å². The molecule has 1 aliphatic heterocycles. The number of amides is 1. The maximum Gasteiger partial charge on any atom is 0.307 e. The molecule has 0 aromatic carbocycles. The number of hydrogen-bond donors (Lipinski definition) is 1. The van der Waals surface area contributed by atoms with Crippen LogP contribution in [0.4, 0.5) is 0 Å². The molecule has 1 atom stereocenters. The van der Waals surface area contributed by atoms with Crippen molar-refractivity contribution in [1.29, 1.82) is 0 Å². The number of carbonyl (C=O) groups excluding carboxylic acids is 2. The Morgan fingerprint density at radius 3 is 2.95 bits per heavy atom. The highest BCUT2D eigenvalue weighted by atomic mass is 16.5. The zero-order valence-corrected chi connectivity index (χ0v) is 11.3. The van der Waals surface area contributed by atoms with Gasteiger partial charge in [-0.05, 0) is 32.3 Å². The number of carbonyl (C=O) groups is 2. The SMILES string of the molecule is COC(=O)CC1CCCCN1C(=O)c1cc(C)[nH]n1. The molecule has 0 aliphatic carbocycles. The van der Waals surface area contributed by atoms with Crippen LogP contribution in [0, 0.1) is 6.92 Å². The van der Waals surface area contributed by atoms with Gasteiger partial charge < -0.3 is 9.64 Å². The maximum atomic E-state index is 12.4. The van der Waals surface area contributed by atoms with Crippen molar-refractivity contribution in [3.63, 3.8) is 0 Å². The molecule has 1 saturated heterocycles. The number of nitrogens with one attached hydrogen (secondary N) is 1. The highest BCUT2D eigenvalue weighted by molar-refractivity contribution is 5.93. The van der Waals surface area contributed by atoms with Gasteiger partial charge in [0.1, 0.15) is 5.69 Å². The quantitative estimate of drug-likeness (QED) is 0.835. The molecule has 19 heavy (non-hydrogen) atoms. The summed E-state index contributed by atoms with van der Waals surface area (Å²) in [5.41, 5.74) is 1.26. The van der Waals surface area contributed by atoms with Crippen LogP contribution in [0.2, 0.25) is 0 Å². The van der Waals surface area contributed by atoms with E-state index < -0.39 is 0 Å². The molecular weight excluding hydrogens is 246 g/mol. The Balaban J connectivity index is 2.10. The minimum absolute atomic E-state index is 0.0780. The first kappa shape index (κ1) is 13.6. The molecule has 0 saturated carbocycles. The van der Waals surface area contributed by atoms with Gasteiger partial charge in [0.25, 0.3) is 5.91 Å². The molecule has 1 aliphatic rings. The van der Waals surface area contributed by atoms with Crippen molar-refractivity contribution in [2.75, 3.05) is 13.7 Å². The van der Waals surface area contributed by atoms with Gasteiger partial charge in [-0.3, -0.25) is 14.7 Å². The number of methoxy groups -OCH3 is 1. The molecule has 0 radical (unpaired) electrons. The fourth-order valence-electron chi connectivity index (χ4n) is 2.43. The molecule has 1 aromatic heterocycles. The highest BCUT2D eigenvalue weighted by Gasteiger charge is 2.30. The number of esters is 1. The van der Waals surface area contributed by atoms with E-state index in [1.54, 1.807) is 11.0 Å². The van der Waals surface area contributed by atoms with Crippen LogP contribution in [0.25, 0.3) is 0 Å². The van der Waals surface area contributed by atoms with E-state index in [0.717, 1.165) is 25.0 Å². The lowest BCUT2D eigenvalue weighted by molar-refractivity contribution is -0.142. The van der Waals surface area contributed by atoms with Crippen LogP contribution in [-0.2, 0) is 9.53 Å². The highest BCUT2D eigenvalue weighted by Crippen LogP contribution is 2.22. The number of likely N-dealkylation sites (tertiary alicyclic amines) is 1. The molecule has 0 bridgehead atoms. The lowest BCUT2D eigenvalue weighted by Gasteiger charge is -2.34. The Hall–Kier alpha value is -1.85. The van der Waals surface area contributed by atoms with Gasteiger partial charge in [-0.15, -0.1) is 0 Å². The van der Waals surface area contributed by atoms with Crippen molar-refractivity contribution in [2.45, 2.75) is 38.6 Å². The Morgan fingerprint density at radius 2 is 2.32 bits per heavy atom. The lowest BCUT2D eigenvalue weighted by Crippen LogP contribution is -2.45. The number of hydrogen-bond acceptors (Lipinski definition) is 4. The zero-order valence-electron chi connectivity index (χ0n) is 11.3. The van der Waals surface area contributed by atoms with E-state index in [1.165, 1.54) is 7.11 Å². The number of ether oxygens (including phenoxy) is 1. The minimum Gasteiger partial charge on any atom is -0.469 e. The van der Waals surface area contributed by atoms with E-state index in [-0.39, 0.29) is 24.3 Å². The summed E-state index contributed by atoms with van der Waals surface area (Å²) in [7, 11) is 1.37. The number of piperidine rings is 1. The smallest absolute Gasteiger partial charge is 0.307 e. The Bertz CT molecular complexity index is 469. The van der Waals surface area contributed by atoms with Crippen LogP contribution in [0.15, 0.2) is 6.07 Å². The Labute approximate surface area is 112 Å². The minimum atomic E-state index is -0.275. The second-order valence-corrected chi connectivity index (χ2v) is 4.86. The second kappa shape index (κ2) is 5.86. The van der Waals surface area contributed by atoms with Crippen LogP contribution in [0.5, 0.6) is 0 Å². The molecular formula is C13H19N3O3. The Morgan fingerprint density at radius 1 is 1.53 bits per heavy atom. The molecule has 1 amide bonds. The van der Waals surface area contributed by atoms with Gasteiger partial charge in [0.2, 0.25) is 0 Å². The van der Waals surface area contributed by atoms with Gasteiger partial charge in [0.05, 0.1) is 13.5 Å². The van der Waals surface area contributed by atoms with E-state index in [4.69, 9.17) is 4.74 Å². The lowest BCUT2D eigenvalue weighted by atomic mass is 9.99. The molecule has 1 aromatic rings. The van der Waals surface area contributed by atoms with Gasteiger partial charge in [0, 0.05) is 18.3 Å². The van der Waals surface area contributed by atoms with Crippen LogP contribution in [0.1, 0.15) is 41.9 Å². The molecule has 0 spiro atoms. The van der Waals surface area contributed by atoms with Crippen LogP contribution < -0.4 is 0 Å². The summed E-state index contributed by atoms with van der Waals surface area (Å²) in [6.45, 7) is 2.53. The average molecular weight is 265 g/mol. The summed E-state index contributed by atoms with van der Waals surface area (Å²) in [6.07, 6.45) is 3.09. The number of H-pyrrole nitrogens is 1. The number of nitrogens with zero attached hydrogens (tertiary/aromatic N) is 2. The zero-order chi connectivity index (χ0) is 13.8. The summed E-state index contributed by atoms with van der Waals surface area (Å²) in [6, 6.07) is 1.65. The fraction of sp³-hybridized carbons (Fsp3) is 0.615. The number of rotatable bonds is 3. The third kappa shape index (κ3) is 3.13. The normalized spacial score (nSPS) is 19.3. The first-order valence-electron chi connectivity index (χ1n) is 6.51. The van der Waals surface area contributed by atoms with Crippen LogP contribution >= 0.6 is 0 Å². The van der Waals surface area contributed by atoms with E-state index in [0.29, 0.717) is 12.2 Å². The molecule has 2 heterocycles. The van der Waals surface area contributed by atoms with Crippen molar-refractivity contribution < 1.29 is 14.3 Å². The molecule has 1 fully saturated rings. The third-order valence-corrected chi connectivity index (χ3v) is 3.44. The van der Waals surface area contributed by atoms with Crippen molar-refractivity contribution in [3.8, 4) is 0 Å². The Kier molecular flexibility index (Phi) is 4.19. The first-order chi connectivity index (χ1) is 9.11. The number of aryl methyl sites for hydroxylation is 1. The summed E-state index contributed by atoms with van der Waals surface area (Å²) in [5.74, 6) is -0.388. The van der Waals surface area contributed by atoms with Gasteiger partial charge in [0.15, 0.2) is 0 Å². The van der Waals surface area contributed by atoms with Gasteiger partial charge in [-0.2, -0.15) is 5.10 Å². The van der Waals surface area contributed by atoms with Crippen LogP contribution in [-0.4, -0.2) is 46.7 Å². The molecule has 6 nitrogen and oxygen atoms in total. The van der Waals surface area contributed by atoms with Gasteiger partial charge in [-0.25, -0.2) is 0 Å². The van der Waals surface area contributed by atoms with Crippen molar-refractivity contribution in [1.82, 2.24) is 15.1 Å². The average Bonchev–Trinajstić information content (AvgIpc) is 2.85. The summed E-state index contributed by atoms with van der Waals surface area (Å²) in [5, 5.41) is 6.76. The molecule has 2 rings (SSSR count). The fourth-order valence-corrected chi connectivity index (χ4v) is 2.43. The molecule has 104 valence electrons. The van der Waals surface area contributed by atoms with Crippen LogP contribution in [0.3, 0.4) is 0 Å². The molecule has 1 N–H and O–H groups in total. The summed E-state index contributed by atoms with van der Waals surface area (Å²) >= 11 is 0. The summed E-state index contributed by atoms with van der Waals surface area (Å²) < 4.78 is 4.69. The monoisotopic (exact) mass is 265 g/mol. The maximum absolute atomic E-state index is 12.4. The van der Waals surface area contributed by atoms with E-state index in [9.17, 15) is 9.59 Å². The summed E-state index contributed by atoms with van der Waals surface area (Å²) in [4.78, 5) is 25.5.